The molecule has 0 radical (unpaired) electrons. The monoisotopic (exact) mass is 311 g/mol. The highest BCUT2D eigenvalue weighted by atomic mass is 35.5. The Morgan fingerprint density at radius 1 is 1.09 bits per heavy atom. The van der Waals surface area contributed by atoms with Crippen LogP contribution in [0.3, 0.4) is 0 Å². The molecule has 3 nitrogen and oxygen atoms in total. The molecule has 3 aromatic rings. The molecule has 4 heteroatoms. The highest BCUT2D eigenvalue weighted by molar-refractivity contribution is 6.30. The number of hydrogen-bond donors (Lipinski definition) is 0. The number of ether oxygens (including phenoxy) is 1. The number of nitrogens with zero attached hydrogens (tertiary/aromatic N) is 1. The summed E-state index contributed by atoms with van der Waals surface area (Å²) in [6, 6.07) is 15.2. The molecule has 0 N–H and O–H groups in total. The number of para-hydroxylation sites is 1. The summed E-state index contributed by atoms with van der Waals surface area (Å²) >= 11 is 6.14. The first-order chi connectivity index (χ1) is 10.8. The van der Waals surface area contributed by atoms with Crippen LogP contribution >= 0.6 is 11.6 Å². The lowest BCUT2D eigenvalue weighted by Crippen LogP contribution is -2.23. The van der Waals surface area contributed by atoms with E-state index in [1.807, 2.05) is 53.1 Å². The smallest absolute Gasteiger partial charge is 0.205 e. The molecule has 0 fully saturated rings. The van der Waals surface area contributed by atoms with Gasteiger partial charge in [0.05, 0.1) is 23.4 Å². The van der Waals surface area contributed by atoms with E-state index in [0.717, 1.165) is 29.6 Å². The SMILES string of the molecule is O=c1c2c(n(-c3cccc(Cl)c3)c3ccccc13)OCCC2. The second kappa shape index (κ2) is 5.18. The molecule has 1 aliphatic heterocycles. The first kappa shape index (κ1) is 13.4. The molecule has 2 heterocycles. The fourth-order valence-corrected chi connectivity index (χ4v) is 3.21. The van der Waals surface area contributed by atoms with Crippen molar-refractivity contribution in [3.8, 4) is 11.6 Å². The summed E-state index contributed by atoms with van der Waals surface area (Å²) in [6.07, 6.45) is 1.62. The Labute approximate surface area is 132 Å². The third-order valence-electron chi connectivity index (χ3n) is 4.00. The van der Waals surface area contributed by atoms with Crippen LogP contribution in [-0.2, 0) is 6.42 Å². The molecule has 0 spiro atoms. The number of aromatic nitrogens is 1. The number of fused-ring (bicyclic) bond motifs is 2. The highest BCUT2D eigenvalue weighted by Crippen LogP contribution is 2.31. The summed E-state index contributed by atoms with van der Waals surface area (Å²) in [5, 5.41) is 1.37. The molecule has 2 aromatic carbocycles. The van der Waals surface area contributed by atoms with Crippen LogP contribution in [0.1, 0.15) is 12.0 Å². The van der Waals surface area contributed by atoms with Gasteiger partial charge < -0.3 is 4.74 Å². The molecule has 0 aliphatic carbocycles. The lowest BCUT2D eigenvalue weighted by Gasteiger charge is -2.23. The van der Waals surface area contributed by atoms with E-state index in [9.17, 15) is 4.79 Å². The Morgan fingerprint density at radius 2 is 1.95 bits per heavy atom. The minimum absolute atomic E-state index is 0.0728. The number of halogens is 1. The van der Waals surface area contributed by atoms with Gasteiger partial charge in [-0.1, -0.05) is 29.8 Å². The van der Waals surface area contributed by atoms with Crippen molar-refractivity contribution in [1.82, 2.24) is 4.57 Å². The fourth-order valence-electron chi connectivity index (χ4n) is 3.03. The van der Waals surface area contributed by atoms with E-state index in [1.54, 1.807) is 0 Å². The van der Waals surface area contributed by atoms with Gasteiger partial charge in [-0.15, -0.1) is 0 Å². The van der Waals surface area contributed by atoms with E-state index in [0.29, 0.717) is 22.9 Å². The van der Waals surface area contributed by atoms with Crippen molar-refractivity contribution >= 4 is 22.5 Å². The fraction of sp³-hybridized carbons (Fsp3) is 0.167. The molecule has 1 aromatic heterocycles. The van der Waals surface area contributed by atoms with Crippen LogP contribution in [0.5, 0.6) is 5.88 Å². The van der Waals surface area contributed by atoms with Gasteiger partial charge in [0.15, 0.2) is 5.43 Å². The topological polar surface area (TPSA) is 31.2 Å². The zero-order chi connectivity index (χ0) is 15.1. The van der Waals surface area contributed by atoms with Crippen LogP contribution in [0.2, 0.25) is 5.02 Å². The Bertz CT molecular complexity index is 930. The molecule has 0 saturated heterocycles. The van der Waals surface area contributed by atoms with E-state index in [-0.39, 0.29) is 5.43 Å². The second-order valence-corrected chi connectivity index (χ2v) is 5.83. The van der Waals surface area contributed by atoms with Gasteiger partial charge in [0.1, 0.15) is 0 Å². The van der Waals surface area contributed by atoms with E-state index in [2.05, 4.69) is 0 Å². The summed E-state index contributed by atoms with van der Waals surface area (Å²) in [5.74, 6) is 0.650. The second-order valence-electron chi connectivity index (χ2n) is 5.40. The maximum absolute atomic E-state index is 12.7. The summed E-state index contributed by atoms with van der Waals surface area (Å²) in [4.78, 5) is 12.7. The van der Waals surface area contributed by atoms with Gasteiger partial charge in [0.25, 0.3) is 0 Å². The summed E-state index contributed by atoms with van der Waals surface area (Å²) in [6.45, 7) is 0.630. The van der Waals surface area contributed by atoms with Crippen molar-refractivity contribution in [2.75, 3.05) is 6.61 Å². The molecule has 0 amide bonds. The Balaban J connectivity index is 2.16. The highest BCUT2D eigenvalue weighted by Gasteiger charge is 2.21. The predicted molar refractivity (Wildman–Crippen MR) is 88.4 cm³/mol. The van der Waals surface area contributed by atoms with Gasteiger partial charge in [-0.25, -0.2) is 0 Å². The molecule has 0 unspecified atom stereocenters. The Kier molecular flexibility index (Phi) is 3.16. The van der Waals surface area contributed by atoms with Crippen molar-refractivity contribution in [2.45, 2.75) is 12.8 Å². The van der Waals surface area contributed by atoms with Gasteiger partial charge >= 0.3 is 0 Å². The van der Waals surface area contributed by atoms with E-state index in [1.165, 1.54) is 0 Å². The Hall–Kier alpha value is -2.26. The van der Waals surface area contributed by atoms with Gasteiger partial charge in [-0.2, -0.15) is 0 Å². The number of pyridine rings is 1. The van der Waals surface area contributed by atoms with Crippen molar-refractivity contribution in [3.63, 3.8) is 0 Å². The maximum Gasteiger partial charge on any atom is 0.205 e. The maximum atomic E-state index is 12.7. The third-order valence-corrected chi connectivity index (χ3v) is 4.24. The molecule has 0 bridgehead atoms. The molecule has 0 saturated carbocycles. The number of benzene rings is 2. The van der Waals surface area contributed by atoms with Crippen molar-refractivity contribution < 1.29 is 4.74 Å². The van der Waals surface area contributed by atoms with Crippen LogP contribution in [0.15, 0.2) is 53.3 Å². The van der Waals surface area contributed by atoms with Gasteiger partial charge in [0.2, 0.25) is 5.88 Å². The van der Waals surface area contributed by atoms with E-state index in [4.69, 9.17) is 16.3 Å². The number of rotatable bonds is 1. The third kappa shape index (κ3) is 2.01. The minimum atomic E-state index is 0.0728. The van der Waals surface area contributed by atoms with E-state index < -0.39 is 0 Å². The predicted octanol–water partition coefficient (Wildman–Crippen LogP) is 3.97. The van der Waals surface area contributed by atoms with Crippen LogP contribution < -0.4 is 10.2 Å². The molecule has 110 valence electrons. The standard InChI is InChI=1S/C18H14ClNO2/c19-12-5-3-6-13(11-12)20-16-9-2-1-7-14(16)17(21)15-8-4-10-22-18(15)20/h1-3,5-7,9,11H,4,8,10H2. The van der Waals surface area contributed by atoms with Crippen LogP contribution in [0.25, 0.3) is 16.6 Å². The zero-order valence-corrected chi connectivity index (χ0v) is 12.6. The molecule has 1 aliphatic rings. The first-order valence-electron chi connectivity index (χ1n) is 7.31. The number of hydrogen-bond acceptors (Lipinski definition) is 2. The molecule has 0 atom stereocenters. The van der Waals surface area contributed by atoms with Crippen LogP contribution in [-0.4, -0.2) is 11.2 Å². The normalized spacial score (nSPS) is 13.7. The summed E-state index contributed by atoms with van der Waals surface area (Å²) < 4.78 is 7.85. The lowest BCUT2D eigenvalue weighted by atomic mass is 10.0. The van der Waals surface area contributed by atoms with E-state index >= 15 is 0 Å². The van der Waals surface area contributed by atoms with Crippen molar-refractivity contribution in [2.24, 2.45) is 0 Å². The molecule has 22 heavy (non-hydrogen) atoms. The summed E-state index contributed by atoms with van der Waals surface area (Å²) in [5.41, 5.74) is 2.57. The zero-order valence-electron chi connectivity index (χ0n) is 11.9. The van der Waals surface area contributed by atoms with Gasteiger partial charge in [-0.05, 0) is 43.2 Å². The molecule has 4 rings (SSSR count). The first-order valence-corrected chi connectivity index (χ1v) is 7.69. The molecular weight excluding hydrogens is 298 g/mol. The average Bonchev–Trinajstić information content (AvgIpc) is 2.55. The average molecular weight is 312 g/mol. The van der Waals surface area contributed by atoms with Crippen molar-refractivity contribution in [1.29, 1.82) is 0 Å². The molecular formula is C18H14ClNO2. The Morgan fingerprint density at radius 3 is 2.82 bits per heavy atom. The van der Waals surface area contributed by atoms with Gasteiger partial charge in [0, 0.05) is 10.4 Å². The minimum Gasteiger partial charge on any atom is -0.478 e. The van der Waals surface area contributed by atoms with Crippen LogP contribution in [0.4, 0.5) is 0 Å². The largest absolute Gasteiger partial charge is 0.478 e. The van der Waals surface area contributed by atoms with Crippen molar-refractivity contribution in [3.05, 3.63) is 69.3 Å². The lowest BCUT2D eigenvalue weighted by molar-refractivity contribution is 0.270. The van der Waals surface area contributed by atoms with Crippen LogP contribution in [0, 0.1) is 0 Å². The van der Waals surface area contributed by atoms with Gasteiger partial charge in [-0.3, -0.25) is 9.36 Å². The summed E-state index contributed by atoms with van der Waals surface area (Å²) in [7, 11) is 0. The quantitative estimate of drug-likeness (QED) is 0.681.